The van der Waals surface area contributed by atoms with Crippen molar-refractivity contribution in [1.82, 2.24) is 0 Å². The third-order valence-electron chi connectivity index (χ3n) is 3.58. The summed E-state index contributed by atoms with van der Waals surface area (Å²) < 4.78 is 0. The summed E-state index contributed by atoms with van der Waals surface area (Å²) in [4.78, 5) is 23.0. The van der Waals surface area contributed by atoms with Gasteiger partial charge in [0.1, 0.15) is 6.10 Å². The first-order chi connectivity index (χ1) is 9.75. The van der Waals surface area contributed by atoms with Gasteiger partial charge in [-0.05, 0) is 36.8 Å². The van der Waals surface area contributed by atoms with Gasteiger partial charge >= 0.3 is 0 Å². The third-order valence-corrected chi connectivity index (χ3v) is 3.58. The molecule has 1 aromatic rings. The molecule has 0 saturated heterocycles. The minimum Gasteiger partial charge on any atom is -0.385 e. The Labute approximate surface area is 126 Å². The van der Waals surface area contributed by atoms with Crippen LogP contribution >= 0.6 is 0 Å². The Balaban J connectivity index is 2.68. The van der Waals surface area contributed by atoms with Gasteiger partial charge in [0.05, 0.1) is 0 Å². The molecule has 0 fully saturated rings. The molecule has 0 amide bonds. The standard InChI is InChI=1S/C18H24O3/c1-5-16(20)10-11-18(3,4)12-14-6-8-15(9-7-14)17(21)13(2)19/h5-9,13,19H,1,10-12H2,2-4H3. The molecule has 0 radical (unpaired) electrons. The number of hydrogen-bond acceptors (Lipinski definition) is 3. The van der Waals surface area contributed by atoms with E-state index in [0.29, 0.717) is 12.0 Å². The van der Waals surface area contributed by atoms with Crippen molar-refractivity contribution in [2.75, 3.05) is 0 Å². The number of Topliss-reactive ketones (excluding diaryl/α,β-unsaturated/α-hetero) is 1. The molecular weight excluding hydrogens is 264 g/mol. The average molecular weight is 288 g/mol. The smallest absolute Gasteiger partial charge is 0.190 e. The highest BCUT2D eigenvalue weighted by Gasteiger charge is 2.20. The fraction of sp³-hybridized carbons (Fsp3) is 0.444. The molecular formula is C18H24O3. The maximum atomic E-state index is 11.7. The predicted octanol–water partition coefficient (Wildman–Crippen LogP) is 3.35. The van der Waals surface area contributed by atoms with E-state index in [1.165, 1.54) is 13.0 Å². The van der Waals surface area contributed by atoms with Gasteiger partial charge in [0.15, 0.2) is 11.6 Å². The molecule has 0 spiro atoms. The van der Waals surface area contributed by atoms with E-state index in [-0.39, 0.29) is 17.0 Å². The van der Waals surface area contributed by atoms with Gasteiger partial charge in [-0.15, -0.1) is 0 Å². The molecule has 1 unspecified atom stereocenters. The minimum atomic E-state index is -0.975. The van der Waals surface area contributed by atoms with E-state index < -0.39 is 6.10 Å². The topological polar surface area (TPSA) is 54.4 Å². The van der Waals surface area contributed by atoms with Gasteiger partial charge in [-0.1, -0.05) is 44.7 Å². The number of rotatable bonds is 8. The summed E-state index contributed by atoms with van der Waals surface area (Å²) in [7, 11) is 0. The highest BCUT2D eigenvalue weighted by Crippen LogP contribution is 2.27. The fourth-order valence-corrected chi connectivity index (χ4v) is 2.23. The second-order valence-corrected chi connectivity index (χ2v) is 6.25. The summed E-state index contributed by atoms with van der Waals surface area (Å²) in [5.74, 6) is -0.196. The molecule has 1 atom stereocenters. The second kappa shape index (κ2) is 7.32. The van der Waals surface area contributed by atoms with Crippen LogP contribution in [-0.4, -0.2) is 22.8 Å². The summed E-state index contributed by atoms with van der Waals surface area (Å²) in [5.41, 5.74) is 1.65. The Morgan fingerprint density at radius 1 is 1.29 bits per heavy atom. The van der Waals surface area contributed by atoms with E-state index in [0.717, 1.165) is 18.4 Å². The van der Waals surface area contributed by atoms with Gasteiger partial charge in [0, 0.05) is 12.0 Å². The number of aliphatic hydroxyl groups excluding tert-OH is 1. The average Bonchev–Trinajstić information content (AvgIpc) is 2.44. The van der Waals surface area contributed by atoms with Crippen molar-refractivity contribution in [3.63, 3.8) is 0 Å². The molecule has 0 aliphatic carbocycles. The van der Waals surface area contributed by atoms with E-state index in [9.17, 15) is 14.7 Å². The van der Waals surface area contributed by atoms with Crippen molar-refractivity contribution < 1.29 is 14.7 Å². The Morgan fingerprint density at radius 3 is 2.33 bits per heavy atom. The SMILES string of the molecule is C=CC(=O)CCC(C)(C)Cc1ccc(C(=O)C(C)O)cc1. The van der Waals surface area contributed by atoms with E-state index in [4.69, 9.17) is 0 Å². The summed E-state index contributed by atoms with van der Waals surface area (Å²) >= 11 is 0. The number of allylic oxidation sites excluding steroid dienone is 1. The fourth-order valence-electron chi connectivity index (χ4n) is 2.23. The third kappa shape index (κ3) is 5.64. The van der Waals surface area contributed by atoms with E-state index in [2.05, 4.69) is 20.4 Å². The van der Waals surface area contributed by atoms with Crippen LogP contribution in [0.5, 0.6) is 0 Å². The zero-order chi connectivity index (χ0) is 16.0. The van der Waals surface area contributed by atoms with Crippen LogP contribution in [0.1, 0.15) is 49.5 Å². The number of benzene rings is 1. The molecule has 0 saturated carbocycles. The van der Waals surface area contributed by atoms with Crippen LogP contribution in [0.2, 0.25) is 0 Å². The Hall–Kier alpha value is -1.74. The van der Waals surface area contributed by atoms with E-state index in [1.807, 2.05) is 12.1 Å². The number of carbonyl (C=O) groups excluding carboxylic acids is 2. The van der Waals surface area contributed by atoms with Crippen molar-refractivity contribution in [2.24, 2.45) is 5.41 Å². The van der Waals surface area contributed by atoms with Crippen LogP contribution in [-0.2, 0) is 11.2 Å². The molecule has 1 rings (SSSR count). The van der Waals surface area contributed by atoms with Crippen LogP contribution in [0.15, 0.2) is 36.9 Å². The maximum absolute atomic E-state index is 11.7. The van der Waals surface area contributed by atoms with Crippen LogP contribution in [0, 0.1) is 5.41 Å². The first-order valence-corrected chi connectivity index (χ1v) is 7.21. The van der Waals surface area contributed by atoms with Gasteiger partial charge in [-0.25, -0.2) is 0 Å². The lowest BCUT2D eigenvalue weighted by Crippen LogP contribution is -2.17. The monoisotopic (exact) mass is 288 g/mol. The molecule has 21 heavy (non-hydrogen) atoms. The highest BCUT2D eigenvalue weighted by atomic mass is 16.3. The van der Waals surface area contributed by atoms with Crippen LogP contribution in [0.4, 0.5) is 0 Å². The lowest BCUT2D eigenvalue weighted by atomic mass is 9.81. The zero-order valence-corrected chi connectivity index (χ0v) is 13.1. The van der Waals surface area contributed by atoms with Crippen LogP contribution < -0.4 is 0 Å². The van der Waals surface area contributed by atoms with Crippen molar-refractivity contribution in [3.05, 3.63) is 48.0 Å². The molecule has 3 heteroatoms. The number of ketones is 2. The molecule has 1 aromatic carbocycles. The molecule has 0 aliphatic heterocycles. The molecule has 0 aromatic heterocycles. The normalized spacial score (nSPS) is 12.8. The second-order valence-electron chi connectivity index (χ2n) is 6.25. The molecule has 0 bridgehead atoms. The summed E-state index contributed by atoms with van der Waals surface area (Å²) in [5, 5.41) is 9.29. The first-order valence-electron chi connectivity index (χ1n) is 7.21. The van der Waals surface area contributed by atoms with Crippen molar-refractivity contribution in [2.45, 2.75) is 46.1 Å². The van der Waals surface area contributed by atoms with Crippen molar-refractivity contribution in [1.29, 1.82) is 0 Å². The largest absolute Gasteiger partial charge is 0.385 e. The number of carbonyl (C=O) groups is 2. The summed E-state index contributed by atoms with van der Waals surface area (Å²) in [6, 6.07) is 7.31. The molecule has 3 nitrogen and oxygen atoms in total. The van der Waals surface area contributed by atoms with Crippen molar-refractivity contribution >= 4 is 11.6 Å². The molecule has 0 heterocycles. The predicted molar refractivity (Wildman–Crippen MR) is 84.4 cm³/mol. The minimum absolute atomic E-state index is 0.00840. The molecule has 1 N–H and O–H groups in total. The van der Waals surface area contributed by atoms with Gasteiger partial charge < -0.3 is 5.11 Å². The number of aliphatic hydroxyl groups is 1. The highest BCUT2D eigenvalue weighted by molar-refractivity contribution is 5.99. The Morgan fingerprint density at radius 2 is 1.86 bits per heavy atom. The lowest BCUT2D eigenvalue weighted by Gasteiger charge is -2.24. The summed E-state index contributed by atoms with van der Waals surface area (Å²) in [6.45, 7) is 9.20. The lowest BCUT2D eigenvalue weighted by molar-refractivity contribution is -0.115. The summed E-state index contributed by atoms with van der Waals surface area (Å²) in [6.07, 6.45) is 2.53. The Bertz CT molecular complexity index is 510. The van der Waals surface area contributed by atoms with Crippen LogP contribution in [0.3, 0.4) is 0 Å². The van der Waals surface area contributed by atoms with Gasteiger partial charge in [-0.3, -0.25) is 9.59 Å². The van der Waals surface area contributed by atoms with E-state index in [1.54, 1.807) is 12.1 Å². The maximum Gasteiger partial charge on any atom is 0.190 e. The number of hydrogen-bond donors (Lipinski definition) is 1. The van der Waals surface area contributed by atoms with Crippen LogP contribution in [0.25, 0.3) is 0 Å². The molecule has 114 valence electrons. The van der Waals surface area contributed by atoms with Gasteiger partial charge in [-0.2, -0.15) is 0 Å². The van der Waals surface area contributed by atoms with Gasteiger partial charge in [0.25, 0.3) is 0 Å². The van der Waals surface area contributed by atoms with Crippen molar-refractivity contribution in [3.8, 4) is 0 Å². The Kier molecular flexibility index (Phi) is 6.03. The first kappa shape index (κ1) is 17.3. The van der Waals surface area contributed by atoms with E-state index >= 15 is 0 Å². The zero-order valence-electron chi connectivity index (χ0n) is 13.1. The molecule has 0 aliphatic rings. The van der Waals surface area contributed by atoms with Gasteiger partial charge in [0.2, 0.25) is 0 Å². The quantitative estimate of drug-likeness (QED) is 0.589.